The summed E-state index contributed by atoms with van der Waals surface area (Å²) >= 11 is 0. The number of amides is 1. The number of morpholine rings is 1. The molecule has 0 aliphatic carbocycles. The lowest BCUT2D eigenvalue weighted by Crippen LogP contribution is -2.60. The van der Waals surface area contributed by atoms with E-state index in [1.807, 2.05) is 7.05 Å². The molecule has 6 heteroatoms. The Kier molecular flexibility index (Phi) is 4.10. The van der Waals surface area contributed by atoms with Crippen molar-refractivity contribution in [3.63, 3.8) is 0 Å². The van der Waals surface area contributed by atoms with E-state index in [2.05, 4.69) is 4.90 Å². The Labute approximate surface area is 128 Å². The molecule has 2 saturated heterocycles. The number of halogens is 1. The number of hydrogen-bond acceptors (Lipinski definition) is 4. The molecule has 22 heavy (non-hydrogen) atoms. The smallest absolute Gasteiger partial charge is 0.254 e. The van der Waals surface area contributed by atoms with Crippen molar-refractivity contribution in [2.45, 2.75) is 18.6 Å². The SMILES string of the molecule is CN1CCC2OCCN(C(=O)c3ccc(F)c(C#N)c3)C2C1. The van der Waals surface area contributed by atoms with E-state index in [4.69, 9.17) is 10.00 Å². The second kappa shape index (κ2) is 6.03. The van der Waals surface area contributed by atoms with Crippen LogP contribution in [0.2, 0.25) is 0 Å². The standard InChI is InChI=1S/C16H18FN3O2/c1-19-5-4-15-14(10-19)20(6-7-22-15)16(21)11-2-3-13(17)12(8-11)9-18/h2-3,8,14-15H,4-7,10H2,1H3. The molecule has 0 saturated carbocycles. The number of likely N-dealkylation sites (N-methyl/N-ethyl adjacent to an activating group) is 1. The van der Waals surface area contributed by atoms with Gasteiger partial charge in [-0.1, -0.05) is 0 Å². The Morgan fingerprint density at radius 2 is 2.27 bits per heavy atom. The topological polar surface area (TPSA) is 56.6 Å². The summed E-state index contributed by atoms with van der Waals surface area (Å²) in [5.74, 6) is -0.763. The maximum atomic E-state index is 13.4. The van der Waals surface area contributed by atoms with E-state index in [-0.39, 0.29) is 23.6 Å². The fourth-order valence-corrected chi connectivity index (χ4v) is 3.19. The van der Waals surface area contributed by atoms with Gasteiger partial charge in [0.05, 0.1) is 24.3 Å². The molecule has 0 radical (unpaired) electrons. The number of nitriles is 1. The van der Waals surface area contributed by atoms with Crippen LogP contribution in [0.15, 0.2) is 18.2 Å². The summed E-state index contributed by atoms with van der Waals surface area (Å²) in [4.78, 5) is 16.7. The van der Waals surface area contributed by atoms with E-state index in [1.165, 1.54) is 18.2 Å². The van der Waals surface area contributed by atoms with Crippen LogP contribution < -0.4 is 0 Å². The first-order chi connectivity index (χ1) is 10.6. The Bertz CT molecular complexity index is 628. The zero-order chi connectivity index (χ0) is 15.7. The summed E-state index contributed by atoms with van der Waals surface area (Å²) < 4.78 is 19.2. The molecule has 0 N–H and O–H groups in total. The second-order valence-corrected chi connectivity index (χ2v) is 5.83. The van der Waals surface area contributed by atoms with Gasteiger partial charge in [0.1, 0.15) is 11.9 Å². The van der Waals surface area contributed by atoms with E-state index in [9.17, 15) is 9.18 Å². The Morgan fingerprint density at radius 1 is 1.45 bits per heavy atom. The molecule has 2 aliphatic rings. The first kappa shape index (κ1) is 14.9. The largest absolute Gasteiger partial charge is 0.374 e. The first-order valence-electron chi connectivity index (χ1n) is 7.41. The van der Waals surface area contributed by atoms with Crippen LogP contribution in [0.4, 0.5) is 4.39 Å². The number of fused-ring (bicyclic) bond motifs is 1. The van der Waals surface area contributed by atoms with Crippen molar-refractivity contribution < 1.29 is 13.9 Å². The molecular weight excluding hydrogens is 285 g/mol. The molecule has 0 aromatic heterocycles. The molecule has 3 rings (SSSR count). The van der Waals surface area contributed by atoms with E-state index < -0.39 is 5.82 Å². The normalized spacial score (nSPS) is 25.4. The highest BCUT2D eigenvalue weighted by Gasteiger charge is 2.38. The van der Waals surface area contributed by atoms with Gasteiger partial charge in [-0.3, -0.25) is 4.79 Å². The molecule has 1 aromatic carbocycles. The number of likely N-dealkylation sites (tertiary alicyclic amines) is 1. The lowest BCUT2D eigenvalue weighted by Gasteiger charge is -2.46. The lowest BCUT2D eigenvalue weighted by atomic mass is 9.98. The predicted octanol–water partition coefficient (Wildman–Crippen LogP) is 1.24. The highest BCUT2D eigenvalue weighted by Crippen LogP contribution is 2.24. The molecule has 2 heterocycles. The summed E-state index contributed by atoms with van der Waals surface area (Å²) in [5, 5.41) is 8.92. The fourth-order valence-electron chi connectivity index (χ4n) is 3.19. The Balaban J connectivity index is 1.86. The van der Waals surface area contributed by atoms with Gasteiger partial charge in [-0.2, -0.15) is 5.26 Å². The van der Waals surface area contributed by atoms with Gasteiger partial charge in [0, 0.05) is 25.2 Å². The molecule has 1 aromatic rings. The number of nitrogens with zero attached hydrogens (tertiary/aromatic N) is 3. The number of piperidine rings is 1. The third kappa shape index (κ3) is 2.70. The van der Waals surface area contributed by atoms with Crippen LogP contribution in [-0.2, 0) is 4.74 Å². The van der Waals surface area contributed by atoms with Crippen molar-refractivity contribution in [3.8, 4) is 6.07 Å². The molecule has 2 fully saturated rings. The van der Waals surface area contributed by atoms with E-state index in [0.29, 0.717) is 18.7 Å². The molecule has 0 bridgehead atoms. The van der Waals surface area contributed by atoms with Gasteiger partial charge < -0.3 is 14.5 Å². The summed E-state index contributed by atoms with van der Waals surface area (Å²) in [6, 6.07) is 5.73. The van der Waals surface area contributed by atoms with Gasteiger partial charge in [0.25, 0.3) is 5.91 Å². The van der Waals surface area contributed by atoms with Crippen molar-refractivity contribution in [1.82, 2.24) is 9.80 Å². The third-order valence-electron chi connectivity index (χ3n) is 4.38. The van der Waals surface area contributed by atoms with Crippen molar-refractivity contribution in [2.75, 3.05) is 33.3 Å². The van der Waals surface area contributed by atoms with Crippen LogP contribution in [0.25, 0.3) is 0 Å². The van der Waals surface area contributed by atoms with Gasteiger partial charge in [0.2, 0.25) is 0 Å². The minimum atomic E-state index is -0.601. The molecule has 0 spiro atoms. The van der Waals surface area contributed by atoms with Crippen LogP contribution >= 0.6 is 0 Å². The Hall–Kier alpha value is -1.97. The Morgan fingerprint density at radius 3 is 3.05 bits per heavy atom. The average Bonchev–Trinajstić information content (AvgIpc) is 2.54. The van der Waals surface area contributed by atoms with Gasteiger partial charge >= 0.3 is 0 Å². The fraction of sp³-hybridized carbons (Fsp3) is 0.500. The van der Waals surface area contributed by atoms with Crippen LogP contribution in [0.1, 0.15) is 22.3 Å². The maximum Gasteiger partial charge on any atom is 0.254 e. The summed E-state index contributed by atoms with van der Waals surface area (Å²) in [6.45, 7) is 2.76. The quantitative estimate of drug-likeness (QED) is 0.783. The van der Waals surface area contributed by atoms with Crippen LogP contribution in [-0.4, -0.2) is 61.1 Å². The molecule has 1 amide bonds. The molecule has 2 unspecified atom stereocenters. The molecule has 2 aliphatic heterocycles. The van der Waals surface area contributed by atoms with E-state index >= 15 is 0 Å². The van der Waals surface area contributed by atoms with Gasteiger partial charge in [0.15, 0.2) is 0 Å². The zero-order valence-corrected chi connectivity index (χ0v) is 12.5. The number of carbonyl (C=O) groups is 1. The monoisotopic (exact) mass is 303 g/mol. The molecular formula is C16H18FN3O2. The number of rotatable bonds is 1. The predicted molar refractivity (Wildman–Crippen MR) is 77.8 cm³/mol. The summed E-state index contributed by atoms with van der Waals surface area (Å²) in [7, 11) is 2.03. The van der Waals surface area contributed by atoms with Crippen LogP contribution in [0, 0.1) is 17.1 Å². The average molecular weight is 303 g/mol. The maximum absolute atomic E-state index is 13.4. The zero-order valence-electron chi connectivity index (χ0n) is 12.5. The first-order valence-corrected chi connectivity index (χ1v) is 7.41. The number of benzene rings is 1. The molecule has 5 nitrogen and oxygen atoms in total. The van der Waals surface area contributed by atoms with E-state index in [1.54, 1.807) is 11.0 Å². The van der Waals surface area contributed by atoms with Crippen molar-refractivity contribution >= 4 is 5.91 Å². The van der Waals surface area contributed by atoms with E-state index in [0.717, 1.165) is 19.5 Å². The molecule has 2 atom stereocenters. The third-order valence-corrected chi connectivity index (χ3v) is 4.38. The molecule has 116 valence electrons. The lowest BCUT2D eigenvalue weighted by molar-refractivity contribution is -0.0869. The highest BCUT2D eigenvalue weighted by atomic mass is 19.1. The van der Waals surface area contributed by atoms with Gasteiger partial charge in [-0.05, 0) is 31.7 Å². The summed E-state index contributed by atoms with van der Waals surface area (Å²) in [5.41, 5.74) is 0.253. The minimum absolute atomic E-state index is 0.00980. The number of carbonyl (C=O) groups excluding carboxylic acids is 1. The van der Waals surface area contributed by atoms with Crippen molar-refractivity contribution in [1.29, 1.82) is 5.26 Å². The van der Waals surface area contributed by atoms with Gasteiger partial charge in [-0.25, -0.2) is 4.39 Å². The number of hydrogen-bond donors (Lipinski definition) is 0. The van der Waals surface area contributed by atoms with Crippen LogP contribution in [0.3, 0.4) is 0 Å². The number of ether oxygens (including phenoxy) is 1. The van der Waals surface area contributed by atoms with Crippen molar-refractivity contribution in [2.24, 2.45) is 0 Å². The van der Waals surface area contributed by atoms with Crippen molar-refractivity contribution in [3.05, 3.63) is 35.1 Å². The van der Waals surface area contributed by atoms with Crippen LogP contribution in [0.5, 0.6) is 0 Å². The van der Waals surface area contributed by atoms with Gasteiger partial charge in [-0.15, -0.1) is 0 Å². The minimum Gasteiger partial charge on any atom is -0.374 e. The second-order valence-electron chi connectivity index (χ2n) is 5.83. The highest BCUT2D eigenvalue weighted by molar-refractivity contribution is 5.95. The summed E-state index contributed by atoms with van der Waals surface area (Å²) in [6.07, 6.45) is 0.961.